The van der Waals surface area contributed by atoms with E-state index in [1.54, 1.807) is 30.3 Å². The largest absolute Gasteiger partial charge is 0.118 e. The highest BCUT2D eigenvalue weighted by Crippen LogP contribution is 2.37. The van der Waals surface area contributed by atoms with Crippen LogP contribution in [0, 0.1) is 0 Å². The number of halogens is 4. The molecule has 0 aliphatic carbocycles. The molecule has 1 atom stereocenters. The molecule has 1 unspecified atom stereocenters. The van der Waals surface area contributed by atoms with Gasteiger partial charge in [0.2, 0.25) is 0 Å². The van der Waals surface area contributed by atoms with E-state index in [9.17, 15) is 0 Å². The van der Waals surface area contributed by atoms with Crippen LogP contribution in [0.3, 0.4) is 0 Å². The maximum Gasteiger partial charge on any atom is 0.118 e. The first kappa shape index (κ1) is 12.6. The average Bonchev–Trinajstić information content (AvgIpc) is 2.33. The third-order valence-corrected chi connectivity index (χ3v) is 3.67. The standard InChI is InChI=1S/C14H10Cl4/c15-10-7-5-9(6-8-10)13(14(17)18)11-3-1-2-4-12(11)16/h1-8,13-14H/i14T. The molecule has 2 aromatic carbocycles. The third kappa shape index (κ3) is 3.13. The lowest BCUT2D eigenvalue weighted by Crippen LogP contribution is -2.09. The molecular weight excluding hydrogens is 310 g/mol. The minimum Gasteiger partial charge on any atom is -0.104 e. The molecule has 4 heteroatoms. The Hall–Kier alpha value is -0.400. The number of benzene rings is 2. The van der Waals surface area contributed by atoms with Crippen molar-refractivity contribution in [1.29, 1.82) is 0 Å². The van der Waals surface area contributed by atoms with E-state index in [2.05, 4.69) is 0 Å². The summed E-state index contributed by atoms with van der Waals surface area (Å²) in [5.41, 5.74) is 1.50. The van der Waals surface area contributed by atoms with Gasteiger partial charge in [0.05, 0.1) is 1.37 Å². The Morgan fingerprint density at radius 2 is 1.50 bits per heavy atom. The molecule has 0 bridgehead atoms. The fourth-order valence-corrected chi connectivity index (χ4v) is 2.65. The lowest BCUT2D eigenvalue weighted by Gasteiger charge is -2.20. The summed E-state index contributed by atoms with van der Waals surface area (Å²) in [6, 6.07) is 14.3. The van der Waals surface area contributed by atoms with E-state index in [1.165, 1.54) is 0 Å². The third-order valence-electron chi connectivity index (χ3n) is 2.64. The van der Waals surface area contributed by atoms with Crippen molar-refractivity contribution in [2.45, 2.75) is 10.7 Å². The number of alkyl halides is 2. The predicted molar refractivity (Wildman–Crippen MR) is 80.2 cm³/mol. The van der Waals surface area contributed by atoms with Crippen molar-refractivity contribution in [3.63, 3.8) is 0 Å². The van der Waals surface area contributed by atoms with Gasteiger partial charge in [0.1, 0.15) is 4.81 Å². The summed E-state index contributed by atoms with van der Waals surface area (Å²) in [5, 5.41) is 1.14. The Kier molecular flexibility index (Phi) is 4.32. The van der Waals surface area contributed by atoms with Gasteiger partial charge in [-0.05, 0) is 29.3 Å². The Labute approximate surface area is 128 Å². The van der Waals surface area contributed by atoms with Crippen molar-refractivity contribution < 1.29 is 1.37 Å². The highest BCUT2D eigenvalue weighted by molar-refractivity contribution is 6.45. The Bertz CT molecular complexity index is 560. The van der Waals surface area contributed by atoms with Gasteiger partial charge in [0.25, 0.3) is 0 Å². The molecule has 0 saturated heterocycles. The Morgan fingerprint density at radius 1 is 0.889 bits per heavy atom. The fourth-order valence-electron chi connectivity index (χ4n) is 1.79. The first-order chi connectivity index (χ1) is 8.89. The van der Waals surface area contributed by atoms with Crippen molar-refractivity contribution in [2.75, 3.05) is 0 Å². The lowest BCUT2D eigenvalue weighted by atomic mass is 9.93. The number of hydrogen-bond donors (Lipinski definition) is 0. The molecule has 0 spiro atoms. The predicted octanol–water partition coefficient (Wildman–Crippen LogP) is 5.93. The molecule has 0 saturated carbocycles. The molecule has 0 radical (unpaired) electrons. The van der Waals surface area contributed by atoms with Crippen LogP contribution in [0.25, 0.3) is 0 Å². The second-order valence-corrected chi connectivity index (χ2v) is 5.65. The van der Waals surface area contributed by atoms with Crippen LogP contribution in [0.5, 0.6) is 0 Å². The summed E-state index contributed by atoms with van der Waals surface area (Å²) in [5.74, 6) is -0.554. The maximum atomic E-state index is 7.95. The van der Waals surface area contributed by atoms with Crippen LogP contribution in [-0.2, 0) is 0 Å². The van der Waals surface area contributed by atoms with E-state index in [0.717, 1.165) is 5.56 Å². The first-order valence-corrected chi connectivity index (χ1v) is 6.78. The Balaban J connectivity index is 2.55. The topological polar surface area (TPSA) is 0 Å². The fraction of sp³-hybridized carbons (Fsp3) is 0.143. The van der Waals surface area contributed by atoms with Crippen molar-refractivity contribution in [2.24, 2.45) is 0 Å². The SMILES string of the molecule is [3H]C(Cl)(Cl)C(c1ccc(Cl)cc1)c1ccccc1Cl. The van der Waals surface area contributed by atoms with E-state index >= 15 is 0 Å². The lowest BCUT2D eigenvalue weighted by molar-refractivity contribution is 0.887. The van der Waals surface area contributed by atoms with Gasteiger partial charge >= 0.3 is 0 Å². The zero-order valence-electron chi connectivity index (χ0n) is 10.2. The van der Waals surface area contributed by atoms with E-state index in [1.807, 2.05) is 18.2 Å². The summed E-state index contributed by atoms with van der Waals surface area (Å²) >= 11 is 24.1. The summed E-state index contributed by atoms with van der Waals surface area (Å²) in [4.78, 5) is -1.72. The molecule has 94 valence electrons. The van der Waals surface area contributed by atoms with E-state index in [4.69, 9.17) is 47.8 Å². The van der Waals surface area contributed by atoms with Crippen LogP contribution < -0.4 is 0 Å². The molecular formula is C14H10Cl4. The number of hydrogen-bond acceptors (Lipinski definition) is 0. The normalized spacial score (nSPS) is 14.1. The molecule has 2 rings (SSSR count). The molecule has 18 heavy (non-hydrogen) atoms. The quantitative estimate of drug-likeness (QED) is 0.615. The smallest absolute Gasteiger partial charge is 0.104 e. The van der Waals surface area contributed by atoms with Gasteiger partial charge in [-0.2, -0.15) is 0 Å². The zero-order chi connectivity index (χ0) is 14.0. The summed E-state index contributed by atoms with van der Waals surface area (Å²) in [6.45, 7) is 0. The molecule has 0 N–H and O–H groups in total. The van der Waals surface area contributed by atoms with E-state index in [-0.39, 0.29) is 0 Å². The molecule has 0 aromatic heterocycles. The van der Waals surface area contributed by atoms with Gasteiger partial charge in [-0.25, -0.2) is 0 Å². The van der Waals surface area contributed by atoms with Crippen LogP contribution in [0.4, 0.5) is 0 Å². The Morgan fingerprint density at radius 3 is 2.06 bits per heavy atom. The first-order valence-electron chi connectivity index (χ1n) is 5.77. The maximum absolute atomic E-state index is 7.95. The van der Waals surface area contributed by atoms with Gasteiger partial charge < -0.3 is 0 Å². The van der Waals surface area contributed by atoms with Crippen LogP contribution in [0.1, 0.15) is 18.4 Å². The molecule has 0 heterocycles. The van der Waals surface area contributed by atoms with E-state index in [0.29, 0.717) is 15.6 Å². The van der Waals surface area contributed by atoms with Gasteiger partial charge in [0, 0.05) is 16.0 Å². The van der Waals surface area contributed by atoms with Gasteiger partial charge in [-0.15, -0.1) is 23.2 Å². The van der Waals surface area contributed by atoms with Crippen LogP contribution in [0.15, 0.2) is 48.5 Å². The van der Waals surface area contributed by atoms with Gasteiger partial charge in [-0.1, -0.05) is 53.5 Å². The highest BCUT2D eigenvalue weighted by atomic mass is 35.5. The summed E-state index contributed by atoms with van der Waals surface area (Å²) < 4.78 is 7.95. The second kappa shape index (κ2) is 6.16. The van der Waals surface area contributed by atoms with Gasteiger partial charge in [0.15, 0.2) is 0 Å². The van der Waals surface area contributed by atoms with Crippen molar-refractivity contribution in [1.82, 2.24) is 0 Å². The van der Waals surface area contributed by atoms with Crippen molar-refractivity contribution >= 4 is 46.4 Å². The average molecular weight is 322 g/mol. The van der Waals surface area contributed by atoms with Gasteiger partial charge in [-0.3, -0.25) is 0 Å². The van der Waals surface area contributed by atoms with E-state index < -0.39 is 10.7 Å². The minimum absolute atomic E-state index is 0.528. The highest BCUT2D eigenvalue weighted by Gasteiger charge is 2.23. The molecule has 0 aliphatic heterocycles. The molecule has 0 fully saturated rings. The van der Waals surface area contributed by atoms with Crippen LogP contribution in [-0.4, -0.2) is 4.81 Å². The zero-order valence-corrected chi connectivity index (χ0v) is 12.2. The van der Waals surface area contributed by atoms with Crippen molar-refractivity contribution in [3.8, 4) is 0 Å². The summed E-state index contributed by atoms with van der Waals surface area (Å²) in [6.07, 6.45) is 0. The monoisotopic (exact) mass is 320 g/mol. The minimum atomic E-state index is -1.72. The molecule has 2 aromatic rings. The molecule has 0 nitrogen and oxygen atoms in total. The summed E-state index contributed by atoms with van der Waals surface area (Å²) in [7, 11) is 0. The molecule has 0 amide bonds. The number of rotatable bonds is 3. The van der Waals surface area contributed by atoms with Crippen LogP contribution >= 0.6 is 46.4 Å². The molecule has 0 aliphatic rings. The second-order valence-electron chi connectivity index (χ2n) is 3.80. The van der Waals surface area contributed by atoms with Crippen molar-refractivity contribution in [3.05, 3.63) is 69.7 Å². The van der Waals surface area contributed by atoms with Crippen LogP contribution in [0.2, 0.25) is 10.0 Å².